The molecule has 2 nitrogen and oxygen atoms in total. The Balaban J connectivity index is 0.00000144. The highest BCUT2D eigenvalue weighted by atomic mass is 35.5. The highest BCUT2D eigenvalue weighted by molar-refractivity contribution is 6.67. The van der Waals surface area contributed by atoms with Crippen molar-refractivity contribution >= 4 is 29.3 Å². The van der Waals surface area contributed by atoms with Crippen molar-refractivity contribution in [3.63, 3.8) is 0 Å². The highest BCUT2D eigenvalue weighted by Gasteiger charge is 2.03. The number of rotatable bonds is 2. The van der Waals surface area contributed by atoms with Gasteiger partial charge in [-0.05, 0) is 29.1 Å². The fraction of sp³-hybridized carbons (Fsp3) is 0.333. The summed E-state index contributed by atoms with van der Waals surface area (Å²) in [6, 6.07) is 3.51. The normalized spacial score (nSPS) is 9.54. The minimum absolute atomic E-state index is 0. The van der Waals surface area contributed by atoms with Gasteiger partial charge in [-0.3, -0.25) is 9.78 Å². The van der Waals surface area contributed by atoms with Gasteiger partial charge in [-0.15, -0.1) is 12.4 Å². The summed E-state index contributed by atoms with van der Waals surface area (Å²) >= 11 is 5.23. The summed E-state index contributed by atoms with van der Waals surface area (Å²) in [4.78, 5) is 14.5. The van der Waals surface area contributed by atoms with Crippen LogP contribution in [0.3, 0.4) is 0 Å². The third kappa shape index (κ3) is 3.33. The third-order valence-corrected chi connectivity index (χ3v) is 1.85. The molecule has 0 saturated carbocycles. The van der Waals surface area contributed by atoms with Crippen LogP contribution in [-0.2, 0) is 0 Å². The van der Waals surface area contributed by atoms with Gasteiger partial charge in [-0.1, -0.05) is 19.9 Å². The molecule has 0 fully saturated rings. The Morgan fingerprint density at radius 3 is 2.38 bits per heavy atom. The first kappa shape index (κ1) is 12.4. The molecule has 0 bridgehead atoms. The van der Waals surface area contributed by atoms with Gasteiger partial charge in [0.2, 0.25) is 0 Å². The second kappa shape index (κ2) is 5.20. The fourth-order valence-corrected chi connectivity index (χ4v) is 0.975. The maximum absolute atomic E-state index is 10.6. The quantitative estimate of drug-likeness (QED) is 0.717. The van der Waals surface area contributed by atoms with E-state index in [4.69, 9.17) is 11.6 Å². The Morgan fingerprint density at radius 1 is 1.46 bits per heavy atom. The Labute approximate surface area is 88.7 Å². The van der Waals surface area contributed by atoms with E-state index in [0.29, 0.717) is 11.6 Å². The minimum Gasteiger partial charge on any atom is -0.274 e. The zero-order valence-corrected chi connectivity index (χ0v) is 9.02. The van der Waals surface area contributed by atoms with Crippen LogP contribution < -0.4 is 0 Å². The van der Waals surface area contributed by atoms with Crippen LogP contribution in [0.1, 0.15) is 35.8 Å². The van der Waals surface area contributed by atoms with Gasteiger partial charge in [0.05, 0.1) is 0 Å². The molecule has 0 atom stereocenters. The molecule has 0 aliphatic carbocycles. The molecule has 13 heavy (non-hydrogen) atoms. The first-order chi connectivity index (χ1) is 5.61. The zero-order valence-electron chi connectivity index (χ0n) is 7.45. The van der Waals surface area contributed by atoms with E-state index in [-0.39, 0.29) is 12.4 Å². The van der Waals surface area contributed by atoms with Gasteiger partial charge in [0.25, 0.3) is 5.24 Å². The molecule has 72 valence electrons. The number of nitrogens with zero attached hydrogens (tertiary/aromatic N) is 1. The van der Waals surface area contributed by atoms with Gasteiger partial charge in [0, 0.05) is 6.20 Å². The van der Waals surface area contributed by atoms with Crippen molar-refractivity contribution in [3.05, 3.63) is 29.6 Å². The number of carbonyl (C=O) groups is 1. The first-order valence-electron chi connectivity index (χ1n) is 3.77. The van der Waals surface area contributed by atoms with Crippen LogP contribution in [0.4, 0.5) is 0 Å². The van der Waals surface area contributed by atoms with Crippen molar-refractivity contribution in [1.29, 1.82) is 0 Å². The van der Waals surface area contributed by atoms with E-state index in [0.717, 1.165) is 5.56 Å². The Kier molecular flexibility index (Phi) is 4.96. The van der Waals surface area contributed by atoms with E-state index in [1.165, 1.54) is 0 Å². The van der Waals surface area contributed by atoms with Crippen LogP contribution in [0.5, 0.6) is 0 Å². The maximum Gasteiger partial charge on any atom is 0.270 e. The average molecular weight is 220 g/mol. The monoisotopic (exact) mass is 219 g/mol. The lowest BCUT2D eigenvalue weighted by atomic mass is 10.1. The van der Waals surface area contributed by atoms with Crippen LogP contribution >= 0.6 is 24.0 Å². The molecule has 0 amide bonds. The topological polar surface area (TPSA) is 30.0 Å². The van der Waals surface area contributed by atoms with Crippen molar-refractivity contribution in [2.75, 3.05) is 0 Å². The number of hydrogen-bond acceptors (Lipinski definition) is 2. The average Bonchev–Trinajstić information content (AvgIpc) is 2.04. The number of hydrogen-bond donors (Lipinski definition) is 0. The van der Waals surface area contributed by atoms with E-state index in [1.54, 1.807) is 12.3 Å². The van der Waals surface area contributed by atoms with Crippen molar-refractivity contribution in [3.8, 4) is 0 Å². The lowest BCUT2D eigenvalue weighted by Gasteiger charge is -2.03. The van der Waals surface area contributed by atoms with E-state index in [1.807, 2.05) is 6.07 Å². The van der Waals surface area contributed by atoms with E-state index in [2.05, 4.69) is 18.8 Å². The molecular weight excluding hydrogens is 209 g/mol. The van der Waals surface area contributed by atoms with E-state index < -0.39 is 5.24 Å². The molecule has 0 unspecified atom stereocenters. The van der Waals surface area contributed by atoms with Crippen molar-refractivity contribution in [1.82, 2.24) is 4.98 Å². The lowest BCUT2D eigenvalue weighted by Crippen LogP contribution is -1.95. The first-order valence-corrected chi connectivity index (χ1v) is 4.15. The Bertz CT molecular complexity index is 282. The van der Waals surface area contributed by atoms with Gasteiger partial charge >= 0.3 is 0 Å². The summed E-state index contributed by atoms with van der Waals surface area (Å²) in [6.45, 7) is 4.14. The highest BCUT2D eigenvalue weighted by Crippen LogP contribution is 2.13. The summed E-state index contributed by atoms with van der Waals surface area (Å²) < 4.78 is 0. The van der Waals surface area contributed by atoms with Crippen LogP contribution in [-0.4, -0.2) is 10.2 Å². The number of carbonyl (C=O) groups excluding carboxylic acids is 1. The van der Waals surface area contributed by atoms with Crippen LogP contribution in [0.2, 0.25) is 0 Å². The largest absolute Gasteiger partial charge is 0.274 e. The Hall–Kier alpha value is -0.600. The summed E-state index contributed by atoms with van der Waals surface area (Å²) in [5, 5.41) is -0.509. The molecule has 0 spiro atoms. The number of halogens is 2. The van der Waals surface area contributed by atoms with Gasteiger partial charge in [-0.25, -0.2) is 0 Å². The van der Waals surface area contributed by atoms with Gasteiger partial charge < -0.3 is 0 Å². The van der Waals surface area contributed by atoms with Crippen LogP contribution in [0, 0.1) is 0 Å². The van der Waals surface area contributed by atoms with Crippen molar-refractivity contribution in [2.45, 2.75) is 19.8 Å². The third-order valence-electron chi connectivity index (χ3n) is 1.65. The molecule has 0 aromatic carbocycles. The number of aromatic nitrogens is 1. The predicted octanol–water partition coefficient (Wildman–Crippen LogP) is 3.01. The standard InChI is InChI=1S/C9H10ClNO.ClH/c1-6(2)7-3-4-8(9(10)12)11-5-7;/h3-6H,1-2H3;1H. The smallest absolute Gasteiger partial charge is 0.270 e. The zero-order chi connectivity index (χ0) is 9.14. The summed E-state index contributed by atoms with van der Waals surface area (Å²) in [6.07, 6.45) is 1.68. The summed E-state index contributed by atoms with van der Waals surface area (Å²) in [7, 11) is 0. The lowest BCUT2D eigenvalue weighted by molar-refractivity contribution is 0.107. The van der Waals surface area contributed by atoms with E-state index >= 15 is 0 Å². The molecule has 0 N–H and O–H groups in total. The molecule has 1 rings (SSSR count). The Morgan fingerprint density at radius 2 is 2.08 bits per heavy atom. The minimum atomic E-state index is -0.509. The second-order valence-corrected chi connectivity index (χ2v) is 3.25. The van der Waals surface area contributed by atoms with E-state index in [9.17, 15) is 4.79 Å². The molecule has 1 aromatic heterocycles. The summed E-state index contributed by atoms with van der Waals surface area (Å²) in [5.74, 6) is 0.428. The summed E-state index contributed by atoms with van der Waals surface area (Å²) in [5.41, 5.74) is 1.41. The molecule has 0 saturated heterocycles. The van der Waals surface area contributed by atoms with Crippen LogP contribution in [0.25, 0.3) is 0 Å². The molecule has 0 aliphatic rings. The van der Waals surface area contributed by atoms with Gasteiger partial charge in [0.1, 0.15) is 5.69 Å². The predicted molar refractivity (Wildman–Crippen MR) is 55.8 cm³/mol. The molecule has 1 aromatic rings. The maximum atomic E-state index is 10.6. The van der Waals surface area contributed by atoms with Crippen molar-refractivity contribution in [2.24, 2.45) is 0 Å². The van der Waals surface area contributed by atoms with Gasteiger partial charge in [-0.2, -0.15) is 0 Å². The van der Waals surface area contributed by atoms with Crippen LogP contribution in [0.15, 0.2) is 18.3 Å². The molecular formula is C9H11Cl2NO. The molecule has 0 radical (unpaired) electrons. The SMILES string of the molecule is CC(C)c1ccc(C(=O)Cl)nc1.Cl. The molecule has 1 heterocycles. The molecule has 4 heteroatoms. The van der Waals surface area contributed by atoms with Gasteiger partial charge in [0.15, 0.2) is 0 Å². The van der Waals surface area contributed by atoms with Crippen molar-refractivity contribution < 1.29 is 4.79 Å². The second-order valence-electron chi connectivity index (χ2n) is 2.91. The fourth-order valence-electron chi connectivity index (χ4n) is 0.863. The number of pyridine rings is 1. The molecule has 0 aliphatic heterocycles.